The molecule has 3 heterocycles. The number of halogens is 3. The fourth-order valence-electron chi connectivity index (χ4n) is 4.48. The first-order valence-electron chi connectivity index (χ1n) is 10.8. The summed E-state index contributed by atoms with van der Waals surface area (Å²) in [5, 5.41) is 4.06. The number of nitrogens with zero attached hydrogens (tertiary/aromatic N) is 4. The van der Waals surface area contributed by atoms with Crippen LogP contribution >= 0.6 is 0 Å². The van der Waals surface area contributed by atoms with Crippen LogP contribution in [-0.4, -0.2) is 39.1 Å². The molecule has 0 aliphatic carbocycles. The second-order valence-corrected chi connectivity index (χ2v) is 8.07. The summed E-state index contributed by atoms with van der Waals surface area (Å²) >= 11 is 0. The number of carbonyl (C=O) groups is 1. The van der Waals surface area contributed by atoms with Crippen molar-refractivity contribution in [1.29, 1.82) is 0 Å². The van der Waals surface area contributed by atoms with E-state index in [2.05, 4.69) is 10.1 Å². The van der Waals surface area contributed by atoms with Crippen molar-refractivity contribution in [3.05, 3.63) is 83.4 Å². The lowest BCUT2D eigenvalue weighted by Gasteiger charge is -2.24. The Kier molecular flexibility index (Phi) is 5.69. The van der Waals surface area contributed by atoms with Crippen LogP contribution in [-0.2, 0) is 0 Å². The van der Waals surface area contributed by atoms with Crippen LogP contribution in [0, 0.1) is 5.82 Å². The van der Waals surface area contributed by atoms with Crippen molar-refractivity contribution < 1.29 is 22.7 Å². The Labute approximate surface area is 193 Å². The van der Waals surface area contributed by atoms with Gasteiger partial charge in [-0.05, 0) is 48.7 Å². The van der Waals surface area contributed by atoms with Crippen LogP contribution in [0.3, 0.4) is 0 Å². The number of amides is 1. The minimum atomic E-state index is -2.83. The van der Waals surface area contributed by atoms with E-state index in [1.54, 1.807) is 41.3 Å². The smallest absolute Gasteiger partial charge is 0.280 e. The molecule has 1 aliphatic rings. The van der Waals surface area contributed by atoms with E-state index in [9.17, 15) is 18.0 Å². The van der Waals surface area contributed by atoms with Gasteiger partial charge in [-0.15, -0.1) is 0 Å². The summed E-state index contributed by atoms with van der Waals surface area (Å²) in [6, 6.07) is 14.0. The Balaban J connectivity index is 1.60. The number of hydrogen-bond donors (Lipinski definition) is 0. The van der Waals surface area contributed by atoms with Gasteiger partial charge < -0.3 is 9.64 Å². The molecule has 0 saturated carbocycles. The Hall–Kier alpha value is -3.88. The highest BCUT2D eigenvalue weighted by molar-refractivity contribution is 6.00. The number of likely N-dealkylation sites (tertiary alicyclic amines) is 1. The van der Waals surface area contributed by atoms with Crippen molar-refractivity contribution in [3.63, 3.8) is 0 Å². The number of aromatic nitrogens is 3. The minimum Gasteiger partial charge on any atom is -0.496 e. The molecule has 2 aromatic heterocycles. The Morgan fingerprint density at radius 3 is 2.65 bits per heavy atom. The fraction of sp³-hybridized carbons (Fsp3) is 0.240. The molecule has 34 heavy (non-hydrogen) atoms. The number of ether oxygens (including phenoxy) is 1. The zero-order chi connectivity index (χ0) is 23.8. The van der Waals surface area contributed by atoms with E-state index in [1.807, 2.05) is 0 Å². The first kappa shape index (κ1) is 21.9. The molecule has 174 valence electrons. The van der Waals surface area contributed by atoms with Gasteiger partial charge >= 0.3 is 0 Å². The SMILES string of the molecule is COc1ccccc1-c1cc(C(F)F)n2ncc(C(=O)N3CCC[C@H]3c3ccc(F)cc3)c2n1. The van der Waals surface area contributed by atoms with Gasteiger partial charge in [0.1, 0.15) is 22.8 Å². The van der Waals surface area contributed by atoms with Gasteiger partial charge in [-0.25, -0.2) is 22.7 Å². The summed E-state index contributed by atoms with van der Waals surface area (Å²) < 4.78 is 47.7. The number of para-hydroxylation sites is 1. The molecule has 1 saturated heterocycles. The third kappa shape index (κ3) is 3.76. The summed E-state index contributed by atoms with van der Waals surface area (Å²) in [5.41, 5.74) is 1.41. The Morgan fingerprint density at radius 2 is 1.91 bits per heavy atom. The van der Waals surface area contributed by atoms with Crippen LogP contribution in [0.15, 0.2) is 60.8 Å². The monoisotopic (exact) mass is 466 g/mol. The van der Waals surface area contributed by atoms with Gasteiger partial charge in [0, 0.05) is 12.1 Å². The number of benzene rings is 2. The number of methoxy groups -OCH3 is 1. The van der Waals surface area contributed by atoms with Gasteiger partial charge in [-0.1, -0.05) is 24.3 Å². The van der Waals surface area contributed by atoms with Crippen LogP contribution in [0.5, 0.6) is 5.75 Å². The molecule has 0 unspecified atom stereocenters. The maximum atomic E-state index is 14.0. The molecule has 1 aliphatic heterocycles. The van der Waals surface area contributed by atoms with Crippen molar-refractivity contribution in [2.75, 3.05) is 13.7 Å². The molecule has 0 spiro atoms. The quantitative estimate of drug-likeness (QED) is 0.392. The molecule has 1 amide bonds. The first-order valence-corrected chi connectivity index (χ1v) is 10.8. The van der Waals surface area contributed by atoms with E-state index in [4.69, 9.17) is 4.74 Å². The molecule has 0 N–H and O–H groups in total. The van der Waals surface area contributed by atoms with Crippen molar-refractivity contribution in [2.45, 2.75) is 25.3 Å². The topological polar surface area (TPSA) is 59.7 Å². The van der Waals surface area contributed by atoms with Gasteiger partial charge in [0.2, 0.25) is 0 Å². The second-order valence-electron chi connectivity index (χ2n) is 8.07. The summed E-state index contributed by atoms with van der Waals surface area (Å²) in [6.07, 6.45) is -0.0585. The van der Waals surface area contributed by atoms with Crippen LogP contribution in [0.4, 0.5) is 13.2 Å². The molecule has 6 nitrogen and oxygen atoms in total. The molecule has 0 radical (unpaired) electrons. The highest BCUT2D eigenvalue weighted by Gasteiger charge is 2.33. The lowest BCUT2D eigenvalue weighted by Crippen LogP contribution is -2.30. The standard InChI is InChI=1S/C25H21F3N4O2/c1-34-22-7-3-2-5-17(22)19-13-21(23(27)28)32-24(30-19)18(14-29-32)25(33)31-12-4-6-20(31)15-8-10-16(26)11-9-15/h2-3,5,7-11,13-14,20,23H,4,6,12H2,1H3/t20-/m0/s1. The van der Waals surface area contributed by atoms with Crippen LogP contribution in [0.25, 0.3) is 16.9 Å². The predicted molar refractivity (Wildman–Crippen MR) is 119 cm³/mol. The average Bonchev–Trinajstić information content (AvgIpc) is 3.51. The zero-order valence-electron chi connectivity index (χ0n) is 18.3. The maximum absolute atomic E-state index is 14.0. The van der Waals surface area contributed by atoms with E-state index in [1.165, 1.54) is 31.5 Å². The number of alkyl halides is 2. The lowest BCUT2D eigenvalue weighted by atomic mass is 10.0. The van der Waals surface area contributed by atoms with Crippen molar-refractivity contribution >= 4 is 11.6 Å². The van der Waals surface area contributed by atoms with E-state index >= 15 is 0 Å². The molecule has 9 heteroatoms. The van der Waals surface area contributed by atoms with E-state index < -0.39 is 6.43 Å². The molecule has 4 aromatic rings. The van der Waals surface area contributed by atoms with Crippen LogP contribution < -0.4 is 4.74 Å². The largest absolute Gasteiger partial charge is 0.496 e. The predicted octanol–water partition coefficient (Wildman–Crippen LogP) is 5.46. The Bertz CT molecular complexity index is 1350. The number of carbonyl (C=O) groups excluding carboxylic acids is 1. The van der Waals surface area contributed by atoms with Gasteiger partial charge in [0.05, 0.1) is 25.0 Å². The summed E-state index contributed by atoms with van der Waals surface area (Å²) in [5.74, 6) is -0.232. The highest BCUT2D eigenvalue weighted by atomic mass is 19.3. The van der Waals surface area contributed by atoms with E-state index in [0.717, 1.165) is 22.9 Å². The second kappa shape index (κ2) is 8.81. The summed E-state index contributed by atoms with van der Waals surface area (Å²) in [4.78, 5) is 19.8. The van der Waals surface area contributed by atoms with Crippen LogP contribution in [0.2, 0.25) is 0 Å². The molecular weight excluding hydrogens is 445 g/mol. The van der Waals surface area contributed by atoms with Crippen molar-refractivity contribution in [3.8, 4) is 17.0 Å². The maximum Gasteiger partial charge on any atom is 0.280 e. The van der Waals surface area contributed by atoms with Crippen LogP contribution in [0.1, 0.15) is 46.9 Å². The molecule has 0 bridgehead atoms. The van der Waals surface area contributed by atoms with Gasteiger partial charge in [0.15, 0.2) is 5.65 Å². The zero-order valence-corrected chi connectivity index (χ0v) is 18.3. The molecule has 1 fully saturated rings. The normalized spacial score (nSPS) is 15.9. The summed E-state index contributed by atoms with van der Waals surface area (Å²) in [6.45, 7) is 0.492. The number of fused-ring (bicyclic) bond motifs is 1. The number of rotatable bonds is 5. The van der Waals surface area contributed by atoms with Gasteiger partial charge in [-0.3, -0.25) is 4.79 Å². The van der Waals surface area contributed by atoms with Crippen molar-refractivity contribution in [2.24, 2.45) is 0 Å². The van der Waals surface area contributed by atoms with Gasteiger partial charge in [0.25, 0.3) is 12.3 Å². The average molecular weight is 466 g/mol. The molecular formula is C25H21F3N4O2. The third-order valence-corrected chi connectivity index (χ3v) is 6.10. The molecule has 5 rings (SSSR count). The highest BCUT2D eigenvalue weighted by Crippen LogP contribution is 2.35. The van der Waals surface area contributed by atoms with Gasteiger partial charge in [-0.2, -0.15) is 5.10 Å². The fourth-order valence-corrected chi connectivity index (χ4v) is 4.48. The lowest BCUT2D eigenvalue weighted by molar-refractivity contribution is 0.0737. The Morgan fingerprint density at radius 1 is 1.15 bits per heavy atom. The minimum absolute atomic E-state index is 0.0495. The van der Waals surface area contributed by atoms with E-state index in [-0.39, 0.29) is 40.4 Å². The molecule has 1 atom stereocenters. The summed E-state index contributed by atoms with van der Waals surface area (Å²) in [7, 11) is 1.49. The third-order valence-electron chi connectivity index (χ3n) is 6.10. The van der Waals surface area contributed by atoms with Crippen molar-refractivity contribution in [1.82, 2.24) is 19.5 Å². The first-order chi connectivity index (χ1) is 16.5. The number of hydrogen-bond acceptors (Lipinski definition) is 4. The molecule has 2 aromatic carbocycles. The van der Waals surface area contributed by atoms with E-state index in [0.29, 0.717) is 17.9 Å².